The zero-order valence-corrected chi connectivity index (χ0v) is 11.9. The Morgan fingerprint density at radius 2 is 2.11 bits per heavy atom. The van der Waals surface area contributed by atoms with Gasteiger partial charge in [-0.2, -0.15) is 0 Å². The van der Waals surface area contributed by atoms with Crippen LogP contribution in [0.1, 0.15) is 10.4 Å². The summed E-state index contributed by atoms with van der Waals surface area (Å²) in [6.45, 7) is 0. The molecule has 6 heteroatoms. The number of nitrogens with zero attached hydrogens (tertiary/aromatic N) is 1. The number of rotatable bonds is 2. The Hall–Kier alpha value is -1.21. The fraction of sp³-hybridized carbons (Fsp3) is 0. The normalized spacial score (nSPS) is 10.2. The molecule has 0 aliphatic heterocycles. The fourth-order valence-electron chi connectivity index (χ4n) is 1.34. The molecule has 0 bridgehead atoms. The summed E-state index contributed by atoms with van der Waals surface area (Å²) < 4.78 is 13.5. The van der Waals surface area contributed by atoms with E-state index in [4.69, 9.17) is 11.6 Å². The Kier molecular flexibility index (Phi) is 4.13. The maximum absolute atomic E-state index is 12.9. The van der Waals surface area contributed by atoms with Crippen LogP contribution in [0.2, 0.25) is 5.15 Å². The van der Waals surface area contributed by atoms with E-state index in [2.05, 4.69) is 10.3 Å². The molecule has 0 spiro atoms. The molecule has 0 aliphatic rings. The molecule has 0 aliphatic carbocycles. The number of benzene rings is 1. The van der Waals surface area contributed by atoms with Crippen LogP contribution >= 0.6 is 34.2 Å². The van der Waals surface area contributed by atoms with E-state index >= 15 is 0 Å². The SMILES string of the molecule is O=C(Nc1cccc(Cl)n1)c1ccc(F)cc1I. The largest absolute Gasteiger partial charge is 0.306 e. The summed E-state index contributed by atoms with van der Waals surface area (Å²) in [5, 5.41) is 2.89. The predicted molar refractivity (Wildman–Crippen MR) is 76.3 cm³/mol. The second-order valence-electron chi connectivity index (χ2n) is 3.42. The van der Waals surface area contributed by atoms with Gasteiger partial charge in [0.1, 0.15) is 16.8 Å². The van der Waals surface area contributed by atoms with E-state index in [0.29, 0.717) is 20.1 Å². The van der Waals surface area contributed by atoms with Crippen molar-refractivity contribution in [2.45, 2.75) is 0 Å². The summed E-state index contributed by atoms with van der Waals surface area (Å²) in [6.07, 6.45) is 0. The van der Waals surface area contributed by atoms with Crippen LogP contribution in [-0.2, 0) is 0 Å². The lowest BCUT2D eigenvalue weighted by Gasteiger charge is -2.06. The molecule has 0 saturated carbocycles. The average Bonchev–Trinajstić information content (AvgIpc) is 2.28. The van der Waals surface area contributed by atoms with Crippen molar-refractivity contribution in [3.05, 3.63) is 56.5 Å². The topological polar surface area (TPSA) is 42.0 Å². The van der Waals surface area contributed by atoms with E-state index in [1.165, 1.54) is 18.2 Å². The molecular formula is C12H7ClFIN2O. The van der Waals surface area contributed by atoms with Crippen molar-refractivity contribution in [2.24, 2.45) is 0 Å². The van der Waals surface area contributed by atoms with Crippen LogP contribution in [0.15, 0.2) is 36.4 Å². The Labute approximate surface area is 122 Å². The van der Waals surface area contributed by atoms with Gasteiger partial charge in [-0.15, -0.1) is 0 Å². The van der Waals surface area contributed by atoms with E-state index in [0.717, 1.165) is 0 Å². The van der Waals surface area contributed by atoms with Crippen LogP contribution in [-0.4, -0.2) is 10.9 Å². The van der Waals surface area contributed by atoms with Crippen molar-refractivity contribution in [2.75, 3.05) is 5.32 Å². The zero-order chi connectivity index (χ0) is 13.1. The smallest absolute Gasteiger partial charge is 0.257 e. The van der Waals surface area contributed by atoms with E-state index in [1.807, 2.05) is 22.6 Å². The molecule has 2 rings (SSSR count). The highest BCUT2D eigenvalue weighted by Crippen LogP contribution is 2.16. The number of hydrogen-bond acceptors (Lipinski definition) is 2. The van der Waals surface area contributed by atoms with Gasteiger partial charge in [0.25, 0.3) is 5.91 Å². The van der Waals surface area contributed by atoms with Gasteiger partial charge in [0.05, 0.1) is 5.56 Å². The highest BCUT2D eigenvalue weighted by atomic mass is 127. The summed E-state index contributed by atoms with van der Waals surface area (Å²) in [7, 11) is 0. The molecule has 0 fully saturated rings. The van der Waals surface area contributed by atoms with Gasteiger partial charge < -0.3 is 5.32 Å². The van der Waals surface area contributed by atoms with Crippen molar-refractivity contribution < 1.29 is 9.18 Å². The molecule has 1 amide bonds. The first-order chi connectivity index (χ1) is 8.56. The van der Waals surface area contributed by atoms with Gasteiger partial charge in [0.2, 0.25) is 0 Å². The first kappa shape index (κ1) is 13.2. The van der Waals surface area contributed by atoms with Crippen molar-refractivity contribution in [1.82, 2.24) is 4.98 Å². The number of anilines is 1. The predicted octanol–water partition coefficient (Wildman–Crippen LogP) is 3.73. The van der Waals surface area contributed by atoms with E-state index in [-0.39, 0.29) is 11.7 Å². The number of hydrogen-bond donors (Lipinski definition) is 1. The van der Waals surface area contributed by atoms with Crippen LogP contribution in [0.5, 0.6) is 0 Å². The molecular weight excluding hydrogens is 369 g/mol. The lowest BCUT2D eigenvalue weighted by Crippen LogP contribution is -2.14. The molecule has 0 saturated heterocycles. The summed E-state index contributed by atoms with van der Waals surface area (Å²) in [5.41, 5.74) is 0.388. The van der Waals surface area contributed by atoms with E-state index < -0.39 is 0 Å². The summed E-state index contributed by atoms with van der Waals surface area (Å²) in [5.74, 6) is -0.376. The second kappa shape index (κ2) is 5.62. The minimum Gasteiger partial charge on any atom is -0.306 e. The second-order valence-corrected chi connectivity index (χ2v) is 4.97. The maximum atomic E-state index is 12.9. The van der Waals surface area contributed by atoms with E-state index in [1.54, 1.807) is 18.2 Å². The molecule has 0 unspecified atom stereocenters. The number of aromatic nitrogens is 1. The molecule has 0 radical (unpaired) electrons. The Morgan fingerprint density at radius 3 is 2.78 bits per heavy atom. The van der Waals surface area contributed by atoms with Crippen LogP contribution in [0.4, 0.5) is 10.2 Å². The lowest BCUT2D eigenvalue weighted by molar-refractivity contribution is 0.102. The van der Waals surface area contributed by atoms with Crippen molar-refractivity contribution in [1.29, 1.82) is 0 Å². The maximum Gasteiger partial charge on any atom is 0.257 e. The number of pyridine rings is 1. The molecule has 2 aromatic rings. The molecule has 18 heavy (non-hydrogen) atoms. The van der Waals surface area contributed by atoms with Gasteiger partial charge in [-0.05, 0) is 52.9 Å². The van der Waals surface area contributed by atoms with Gasteiger partial charge in [-0.1, -0.05) is 17.7 Å². The number of carbonyl (C=O) groups is 1. The van der Waals surface area contributed by atoms with Crippen LogP contribution in [0.3, 0.4) is 0 Å². The molecule has 1 aromatic carbocycles. The first-order valence-corrected chi connectivity index (χ1v) is 6.41. The first-order valence-electron chi connectivity index (χ1n) is 4.95. The standard InChI is InChI=1S/C12H7ClFIN2O/c13-10-2-1-3-11(16-10)17-12(18)8-5-4-7(14)6-9(8)15/h1-6H,(H,16,17,18). The molecule has 1 aromatic heterocycles. The zero-order valence-electron chi connectivity index (χ0n) is 8.95. The average molecular weight is 377 g/mol. The summed E-state index contributed by atoms with van der Waals surface area (Å²) >= 11 is 7.62. The molecule has 1 heterocycles. The number of halogens is 3. The Bertz CT molecular complexity index is 606. The summed E-state index contributed by atoms with van der Waals surface area (Å²) in [4.78, 5) is 15.9. The number of amides is 1. The Balaban J connectivity index is 2.22. The molecule has 0 atom stereocenters. The van der Waals surface area contributed by atoms with Crippen molar-refractivity contribution in [3.63, 3.8) is 0 Å². The third-order valence-corrected chi connectivity index (χ3v) is 3.24. The van der Waals surface area contributed by atoms with Crippen LogP contribution in [0, 0.1) is 9.39 Å². The lowest BCUT2D eigenvalue weighted by atomic mass is 10.2. The summed E-state index contributed by atoms with van der Waals surface area (Å²) in [6, 6.07) is 8.87. The minimum atomic E-state index is -0.378. The van der Waals surface area contributed by atoms with Crippen LogP contribution < -0.4 is 5.32 Å². The third-order valence-electron chi connectivity index (χ3n) is 2.13. The minimum absolute atomic E-state index is 0.293. The molecule has 1 N–H and O–H groups in total. The Morgan fingerprint density at radius 1 is 1.33 bits per heavy atom. The van der Waals surface area contributed by atoms with Gasteiger partial charge in [-0.25, -0.2) is 9.37 Å². The van der Waals surface area contributed by atoms with Gasteiger partial charge in [0, 0.05) is 3.57 Å². The highest BCUT2D eigenvalue weighted by Gasteiger charge is 2.11. The van der Waals surface area contributed by atoms with E-state index in [9.17, 15) is 9.18 Å². The molecule has 3 nitrogen and oxygen atoms in total. The van der Waals surface area contributed by atoms with Gasteiger partial charge in [0.15, 0.2) is 0 Å². The van der Waals surface area contributed by atoms with Crippen molar-refractivity contribution in [3.8, 4) is 0 Å². The number of carbonyl (C=O) groups excluding carboxylic acids is 1. The van der Waals surface area contributed by atoms with Gasteiger partial charge in [-0.3, -0.25) is 4.79 Å². The third kappa shape index (κ3) is 3.17. The van der Waals surface area contributed by atoms with Crippen molar-refractivity contribution >= 4 is 45.9 Å². The van der Waals surface area contributed by atoms with Gasteiger partial charge >= 0.3 is 0 Å². The quantitative estimate of drug-likeness (QED) is 0.641. The number of nitrogens with one attached hydrogen (secondary N) is 1. The molecule has 92 valence electrons. The fourth-order valence-corrected chi connectivity index (χ4v) is 2.22. The highest BCUT2D eigenvalue weighted by molar-refractivity contribution is 14.1. The van der Waals surface area contributed by atoms with Crippen LogP contribution in [0.25, 0.3) is 0 Å². The monoisotopic (exact) mass is 376 g/mol.